The Balaban J connectivity index is 1.76. The van der Waals surface area contributed by atoms with Gasteiger partial charge in [0, 0.05) is 23.4 Å². The average Bonchev–Trinajstić information content (AvgIpc) is 2.81. The highest BCUT2D eigenvalue weighted by Gasteiger charge is 2.26. The van der Waals surface area contributed by atoms with Crippen molar-refractivity contribution in [2.75, 3.05) is 13.3 Å². The van der Waals surface area contributed by atoms with E-state index in [0.29, 0.717) is 30.1 Å². The molecule has 0 saturated heterocycles. The van der Waals surface area contributed by atoms with Crippen LogP contribution in [-0.4, -0.2) is 24.1 Å². The van der Waals surface area contributed by atoms with Crippen molar-refractivity contribution in [2.45, 2.75) is 33.0 Å². The molecule has 2 N–H and O–H groups in total. The number of carbonyl (C=O) groups is 1. The Morgan fingerprint density at radius 1 is 1.12 bits per heavy atom. The number of nitrogens with zero attached hydrogens (tertiary/aromatic N) is 2. The Labute approximate surface area is 192 Å². The lowest BCUT2D eigenvalue weighted by Crippen LogP contribution is -2.17. The van der Waals surface area contributed by atoms with Crippen LogP contribution in [0.15, 0.2) is 48.5 Å². The molecule has 2 heterocycles. The molecule has 1 aromatic heterocycles. The van der Waals surface area contributed by atoms with Crippen molar-refractivity contribution in [1.82, 2.24) is 4.98 Å². The molecule has 0 saturated carbocycles. The number of carbonyl (C=O) groups excluding carboxylic acids is 1. The van der Waals surface area contributed by atoms with Gasteiger partial charge >= 0.3 is 0 Å². The summed E-state index contributed by atoms with van der Waals surface area (Å²) in [7, 11) is 0. The number of ether oxygens (including phenoxy) is 3. The first-order chi connectivity index (χ1) is 16.0. The molecule has 0 radical (unpaired) electrons. The van der Waals surface area contributed by atoms with Crippen molar-refractivity contribution < 1.29 is 19.0 Å². The summed E-state index contributed by atoms with van der Waals surface area (Å²) in [6, 6.07) is 17.3. The van der Waals surface area contributed by atoms with Gasteiger partial charge in [0.1, 0.15) is 23.5 Å². The molecule has 33 heavy (non-hydrogen) atoms. The van der Waals surface area contributed by atoms with Crippen LogP contribution in [-0.2, 0) is 11.3 Å². The lowest BCUT2D eigenvalue weighted by molar-refractivity contribution is 0.0932. The molecule has 168 valence electrons. The second-order valence-electron chi connectivity index (χ2n) is 7.89. The van der Waals surface area contributed by atoms with Crippen LogP contribution in [0.3, 0.4) is 0 Å². The molecule has 1 atom stereocenters. The number of hydrogen-bond acceptors (Lipinski definition) is 7. The van der Waals surface area contributed by atoms with Gasteiger partial charge in [-0.25, -0.2) is 0 Å². The summed E-state index contributed by atoms with van der Waals surface area (Å²) in [5.74, 6) is 0.617. The number of aryl methyl sites for hydroxylation is 2. The number of nitriles is 1. The second-order valence-corrected chi connectivity index (χ2v) is 7.89. The van der Waals surface area contributed by atoms with Crippen molar-refractivity contribution in [3.8, 4) is 17.6 Å². The van der Waals surface area contributed by atoms with E-state index in [-0.39, 0.29) is 24.7 Å². The largest absolute Gasteiger partial charge is 0.491 e. The van der Waals surface area contributed by atoms with Crippen LogP contribution in [0.25, 0.3) is 0 Å². The molecule has 0 amide bonds. The summed E-state index contributed by atoms with van der Waals surface area (Å²) < 4.78 is 17.4. The van der Waals surface area contributed by atoms with Gasteiger partial charge in [-0.1, -0.05) is 24.3 Å². The normalized spacial score (nSPS) is 13.6. The first kappa shape index (κ1) is 22.5. The summed E-state index contributed by atoms with van der Waals surface area (Å²) in [6.45, 7) is 4.69. The number of rotatable bonds is 7. The van der Waals surface area contributed by atoms with Crippen LogP contribution in [0.4, 0.5) is 0 Å². The molecular weight excluding hydrogens is 418 g/mol. The fraction of sp³-hybridized carbons (Fsp3) is 0.269. The van der Waals surface area contributed by atoms with Crippen LogP contribution >= 0.6 is 0 Å². The Kier molecular flexibility index (Phi) is 6.68. The lowest BCUT2D eigenvalue weighted by atomic mass is 9.98. The number of pyridine rings is 1. The summed E-state index contributed by atoms with van der Waals surface area (Å²) in [5, 5.41) is 9.87. The first-order valence-corrected chi connectivity index (χ1v) is 10.7. The van der Waals surface area contributed by atoms with E-state index in [9.17, 15) is 10.1 Å². The number of fused-ring (bicyclic) bond motifs is 1. The maximum atomic E-state index is 12.3. The average molecular weight is 444 g/mol. The molecule has 2 aromatic carbocycles. The quantitative estimate of drug-likeness (QED) is 0.547. The summed E-state index contributed by atoms with van der Waals surface area (Å²) in [4.78, 5) is 16.7. The maximum Gasteiger partial charge on any atom is 0.170 e. The van der Waals surface area contributed by atoms with E-state index >= 15 is 0 Å². The highest BCUT2D eigenvalue weighted by Crippen LogP contribution is 2.38. The predicted octanol–water partition coefficient (Wildman–Crippen LogP) is 4.14. The van der Waals surface area contributed by atoms with Crippen LogP contribution in [0.2, 0.25) is 0 Å². The van der Waals surface area contributed by atoms with Gasteiger partial charge in [-0.2, -0.15) is 5.26 Å². The zero-order valence-corrected chi connectivity index (χ0v) is 18.6. The number of benzene rings is 2. The van der Waals surface area contributed by atoms with E-state index in [1.807, 2.05) is 50.2 Å². The smallest absolute Gasteiger partial charge is 0.170 e. The highest BCUT2D eigenvalue weighted by atomic mass is 16.5. The van der Waals surface area contributed by atoms with Gasteiger partial charge in [0.2, 0.25) is 0 Å². The molecule has 1 aliphatic heterocycles. The van der Waals surface area contributed by atoms with Crippen molar-refractivity contribution in [2.24, 2.45) is 5.73 Å². The Morgan fingerprint density at radius 2 is 1.85 bits per heavy atom. The first-order valence-electron chi connectivity index (χ1n) is 10.7. The standard InChI is InChI=1S/C26H25N3O4/c1-16-11-20(12-17(2)29-16)25(19-5-3-18(4-6-19)14-31-15-28)33-24-8-7-21-23(30)9-10-32-26(21)22(24)13-27/h3-8,11-12,25H,9-10,14-15,28H2,1-2H3. The molecule has 0 aliphatic carbocycles. The third-order valence-electron chi connectivity index (χ3n) is 5.43. The van der Waals surface area contributed by atoms with Gasteiger partial charge < -0.3 is 19.9 Å². The molecule has 0 spiro atoms. The fourth-order valence-corrected chi connectivity index (χ4v) is 3.96. The fourth-order valence-electron chi connectivity index (χ4n) is 3.96. The van der Waals surface area contributed by atoms with Crippen molar-refractivity contribution >= 4 is 5.78 Å². The third-order valence-corrected chi connectivity index (χ3v) is 5.43. The lowest BCUT2D eigenvalue weighted by Gasteiger charge is -2.24. The van der Waals surface area contributed by atoms with Gasteiger partial charge in [-0.3, -0.25) is 9.78 Å². The molecule has 3 aromatic rings. The molecule has 7 heteroatoms. The molecule has 0 bridgehead atoms. The number of Topliss-reactive ketones (excluding diaryl/α,β-unsaturated/α-hetero) is 1. The second kappa shape index (κ2) is 9.82. The molecular formula is C26H25N3O4. The minimum atomic E-state index is -0.501. The summed E-state index contributed by atoms with van der Waals surface area (Å²) in [5.41, 5.74) is 10.6. The van der Waals surface area contributed by atoms with E-state index in [1.165, 1.54) is 0 Å². The van der Waals surface area contributed by atoms with Crippen molar-refractivity contribution in [3.63, 3.8) is 0 Å². The maximum absolute atomic E-state index is 12.3. The topological polar surface area (TPSA) is 107 Å². The van der Waals surface area contributed by atoms with Crippen molar-refractivity contribution in [1.29, 1.82) is 5.26 Å². The minimum absolute atomic E-state index is 0.0356. The molecule has 4 rings (SSSR count). The highest BCUT2D eigenvalue weighted by molar-refractivity contribution is 6.00. The number of nitrogens with two attached hydrogens (primary N) is 1. The number of aromatic nitrogens is 1. The molecule has 1 unspecified atom stereocenters. The number of ketones is 1. The Morgan fingerprint density at radius 3 is 2.52 bits per heavy atom. The zero-order chi connectivity index (χ0) is 23.4. The van der Waals surface area contributed by atoms with Crippen LogP contribution in [0, 0.1) is 25.2 Å². The Hall–Kier alpha value is -3.73. The van der Waals surface area contributed by atoms with E-state index in [2.05, 4.69) is 11.1 Å². The van der Waals surface area contributed by atoms with Gasteiger partial charge in [0.15, 0.2) is 11.5 Å². The summed E-state index contributed by atoms with van der Waals surface area (Å²) in [6.07, 6.45) is -0.199. The minimum Gasteiger partial charge on any atom is -0.491 e. The Bertz CT molecular complexity index is 1200. The van der Waals surface area contributed by atoms with E-state index in [1.54, 1.807) is 12.1 Å². The van der Waals surface area contributed by atoms with E-state index in [4.69, 9.17) is 19.9 Å². The molecule has 7 nitrogen and oxygen atoms in total. The predicted molar refractivity (Wildman–Crippen MR) is 122 cm³/mol. The SMILES string of the molecule is Cc1cc(C(Oc2ccc3c(c2C#N)OCCC3=O)c2ccc(COCN)cc2)cc(C)n1. The van der Waals surface area contributed by atoms with Gasteiger partial charge in [-0.05, 0) is 49.2 Å². The van der Waals surface area contributed by atoms with Gasteiger partial charge in [0.05, 0.1) is 25.5 Å². The van der Waals surface area contributed by atoms with Crippen LogP contribution in [0.5, 0.6) is 11.5 Å². The monoisotopic (exact) mass is 443 g/mol. The third kappa shape index (κ3) is 4.87. The van der Waals surface area contributed by atoms with Crippen molar-refractivity contribution in [3.05, 3.63) is 87.7 Å². The van der Waals surface area contributed by atoms with E-state index in [0.717, 1.165) is 28.1 Å². The van der Waals surface area contributed by atoms with E-state index < -0.39 is 6.10 Å². The van der Waals surface area contributed by atoms with Crippen LogP contribution in [0.1, 0.15) is 56.5 Å². The van der Waals surface area contributed by atoms with Crippen LogP contribution < -0.4 is 15.2 Å². The number of hydrogen-bond donors (Lipinski definition) is 1. The van der Waals surface area contributed by atoms with Gasteiger partial charge in [-0.15, -0.1) is 0 Å². The zero-order valence-electron chi connectivity index (χ0n) is 18.6. The summed E-state index contributed by atoms with van der Waals surface area (Å²) >= 11 is 0. The van der Waals surface area contributed by atoms with Gasteiger partial charge in [0.25, 0.3) is 0 Å². The molecule has 1 aliphatic rings. The molecule has 0 fully saturated rings.